The second-order valence-corrected chi connectivity index (χ2v) is 6.46. The number of allylic oxidation sites excluding steroid dienone is 1. The topological polar surface area (TPSA) is 83.3 Å². The van der Waals surface area contributed by atoms with Crippen molar-refractivity contribution in [1.82, 2.24) is 20.2 Å². The van der Waals surface area contributed by atoms with Gasteiger partial charge in [0.15, 0.2) is 11.5 Å². The van der Waals surface area contributed by atoms with Crippen LogP contribution < -0.4 is 19.5 Å². The second-order valence-electron chi connectivity index (χ2n) is 6.03. The van der Waals surface area contributed by atoms with E-state index in [0.717, 1.165) is 16.8 Å². The largest absolute Gasteiger partial charge is 0.493 e. The number of fused-ring (bicyclic) bond motifs is 1. The highest BCUT2D eigenvalue weighted by Crippen LogP contribution is 2.44. The van der Waals surface area contributed by atoms with Gasteiger partial charge in [-0.3, -0.25) is 0 Å². The van der Waals surface area contributed by atoms with Gasteiger partial charge in [0.25, 0.3) is 0 Å². The molecule has 2 heterocycles. The van der Waals surface area contributed by atoms with Crippen LogP contribution in [0.4, 0.5) is 5.95 Å². The van der Waals surface area contributed by atoms with E-state index in [4.69, 9.17) is 25.8 Å². The van der Waals surface area contributed by atoms with Crippen LogP contribution in [0.15, 0.2) is 42.5 Å². The van der Waals surface area contributed by atoms with Gasteiger partial charge in [0.1, 0.15) is 6.04 Å². The summed E-state index contributed by atoms with van der Waals surface area (Å²) in [5, 5.41) is 15.9. The molecule has 0 radical (unpaired) electrons. The number of ether oxygens (including phenoxy) is 3. The highest BCUT2D eigenvalue weighted by atomic mass is 35.5. The van der Waals surface area contributed by atoms with Crippen molar-refractivity contribution in [3.05, 3.63) is 58.6 Å². The third kappa shape index (κ3) is 3.01. The van der Waals surface area contributed by atoms with Gasteiger partial charge in [-0.1, -0.05) is 28.8 Å². The molecule has 2 aromatic carbocycles. The molecule has 0 amide bonds. The van der Waals surface area contributed by atoms with Crippen molar-refractivity contribution < 1.29 is 14.2 Å². The summed E-state index contributed by atoms with van der Waals surface area (Å²) in [7, 11) is 4.75. The molecule has 0 fully saturated rings. The van der Waals surface area contributed by atoms with Gasteiger partial charge in [-0.15, -0.1) is 0 Å². The Kier molecular flexibility index (Phi) is 4.79. The summed E-state index contributed by atoms with van der Waals surface area (Å²) in [6, 6.07) is 11.0. The molecule has 1 N–H and O–H groups in total. The van der Waals surface area contributed by atoms with Crippen LogP contribution in [-0.4, -0.2) is 41.5 Å². The zero-order chi connectivity index (χ0) is 19.7. The molecule has 1 aliphatic rings. The molecule has 0 bridgehead atoms. The lowest BCUT2D eigenvalue weighted by atomic mass is 10.00. The van der Waals surface area contributed by atoms with E-state index in [9.17, 15) is 0 Å². The predicted molar refractivity (Wildman–Crippen MR) is 105 cm³/mol. The summed E-state index contributed by atoms with van der Waals surface area (Å²) >= 11 is 6.02. The maximum absolute atomic E-state index is 6.02. The Hall–Kier alpha value is -3.26. The quantitative estimate of drug-likeness (QED) is 0.703. The third-order valence-corrected chi connectivity index (χ3v) is 4.79. The Morgan fingerprint density at radius 1 is 0.964 bits per heavy atom. The van der Waals surface area contributed by atoms with E-state index in [-0.39, 0.29) is 6.04 Å². The van der Waals surface area contributed by atoms with E-state index in [1.165, 1.54) is 0 Å². The van der Waals surface area contributed by atoms with Gasteiger partial charge in [0.2, 0.25) is 11.7 Å². The fourth-order valence-electron chi connectivity index (χ4n) is 3.23. The molecule has 4 rings (SSSR count). The van der Waals surface area contributed by atoms with Gasteiger partial charge in [0, 0.05) is 16.3 Å². The lowest BCUT2D eigenvalue weighted by Crippen LogP contribution is -2.21. The Balaban J connectivity index is 1.87. The average molecular weight is 400 g/mol. The monoisotopic (exact) mass is 399 g/mol. The second kappa shape index (κ2) is 7.40. The number of aromatic nitrogens is 4. The smallest absolute Gasteiger partial charge is 0.248 e. The standard InChI is InChI=1S/C19H18ClN5O3/c1-26-16-9-8-13(17(27-2)18(16)28-3)15-10-14(11-4-6-12(20)7-5-11)21-19-22-23-24-25(15)19/h4-10,15H,1-3H3,(H,21,22,24). The summed E-state index contributed by atoms with van der Waals surface area (Å²) in [4.78, 5) is 0. The first-order chi connectivity index (χ1) is 13.7. The van der Waals surface area contributed by atoms with E-state index in [2.05, 4.69) is 20.8 Å². The molecule has 0 saturated heterocycles. The van der Waals surface area contributed by atoms with Crippen molar-refractivity contribution in [3.63, 3.8) is 0 Å². The van der Waals surface area contributed by atoms with Crippen LogP contribution in [0.5, 0.6) is 17.2 Å². The first-order valence-corrected chi connectivity index (χ1v) is 8.85. The van der Waals surface area contributed by atoms with Crippen molar-refractivity contribution in [2.45, 2.75) is 6.04 Å². The maximum atomic E-state index is 6.02. The van der Waals surface area contributed by atoms with Crippen LogP contribution in [0.2, 0.25) is 5.02 Å². The van der Waals surface area contributed by atoms with Gasteiger partial charge < -0.3 is 19.5 Å². The van der Waals surface area contributed by atoms with E-state index >= 15 is 0 Å². The van der Waals surface area contributed by atoms with E-state index < -0.39 is 0 Å². The first-order valence-electron chi connectivity index (χ1n) is 8.47. The van der Waals surface area contributed by atoms with Crippen LogP contribution in [-0.2, 0) is 0 Å². The highest BCUT2D eigenvalue weighted by Gasteiger charge is 2.29. The Labute approximate surface area is 166 Å². The number of nitrogens with one attached hydrogen (secondary N) is 1. The molecule has 1 aromatic heterocycles. The minimum absolute atomic E-state index is 0.313. The van der Waals surface area contributed by atoms with Crippen molar-refractivity contribution in [1.29, 1.82) is 0 Å². The Bertz CT molecular complexity index is 1030. The summed E-state index contributed by atoms with van der Waals surface area (Å²) in [6.07, 6.45) is 2.02. The van der Waals surface area contributed by atoms with E-state index in [1.54, 1.807) is 26.0 Å². The zero-order valence-electron chi connectivity index (χ0n) is 15.5. The SMILES string of the molecule is COc1ccc(C2C=C(c3ccc(Cl)cc3)Nc3nnnn32)c(OC)c1OC. The van der Waals surface area contributed by atoms with Crippen LogP contribution in [0.25, 0.3) is 5.70 Å². The predicted octanol–water partition coefficient (Wildman–Crippen LogP) is 3.41. The maximum Gasteiger partial charge on any atom is 0.248 e. The highest BCUT2D eigenvalue weighted by molar-refractivity contribution is 6.30. The molecule has 0 saturated carbocycles. The van der Waals surface area contributed by atoms with Gasteiger partial charge in [-0.25, -0.2) is 0 Å². The summed E-state index contributed by atoms with van der Waals surface area (Å²) in [6.45, 7) is 0. The molecule has 1 aliphatic heterocycles. The molecule has 144 valence electrons. The molecule has 0 spiro atoms. The minimum atomic E-state index is -0.313. The van der Waals surface area contributed by atoms with Gasteiger partial charge in [-0.2, -0.15) is 4.68 Å². The Morgan fingerprint density at radius 2 is 1.71 bits per heavy atom. The van der Waals surface area contributed by atoms with Crippen molar-refractivity contribution >= 4 is 23.2 Å². The van der Waals surface area contributed by atoms with Crippen LogP contribution in [0.1, 0.15) is 17.2 Å². The fraction of sp³-hybridized carbons (Fsp3) is 0.211. The van der Waals surface area contributed by atoms with Gasteiger partial charge in [-0.05, 0) is 46.3 Å². The van der Waals surface area contributed by atoms with E-state index in [1.807, 2.05) is 42.5 Å². The van der Waals surface area contributed by atoms with Crippen LogP contribution in [0, 0.1) is 0 Å². The summed E-state index contributed by atoms with van der Waals surface area (Å²) < 4.78 is 18.2. The first kappa shape index (κ1) is 18.1. The number of rotatable bonds is 5. The lowest BCUT2D eigenvalue weighted by Gasteiger charge is -2.25. The molecule has 28 heavy (non-hydrogen) atoms. The molecular weight excluding hydrogens is 382 g/mol. The number of hydrogen-bond donors (Lipinski definition) is 1. The number of hydrogen-bond acceptors (Lipinski definition) is 7. The van der Waals surface area contributed by atoms with E-state index in [0.29, 0.717) is 28.2 Å². The lowest BCUT2D eigenvalue weighted by molar-refractivity contribution is 0.320. The fourth-order valence-corrected chi connectivity index (χ4v) is 3.36. The number of tetrazole rings is 1. The number of benzene rings is 2. The number of anilines is 1. The molecule has 1 atom stereocenters. The molecule has 8 nitrogen and oxygen atoms in total. The molecule has 0 aliphatic carbocycles. The molecular formula is C19H18ClN5O3. The van der Waals surface area contributed by atoms with Gasteiger partial charge in [0.05, 0.1) is 21.3 Å². The van der Waals surface area contributed by atoms with Crippen molar-refractivity contribution in [3.8, 4) is 17.2 Å². The van der Waals surface area contributed by atoms with Crippen LogP contribution >= 0.6 is 11.6 Å². The Morgan fingerprint density at radius 3 is 2.39 bits per heavy atom. The van der Waals surface area contributed by atoms with Gasteiger partial charge >= 0.3 is 0 Å². The number of nitrogens with zero attached hydrogens (tertiary/aromatic N) is 4. The minimum Gasteiger partial charge on any atom is -0.493 e. The summed E-state index contributed by atoms with van der Waals surface area (Å²) in [5.41, 5.74) is 2.66. The third-order valence-electron chi connectivity index (χ3n) is 4.54. The molecule has 9 heteroatoms. The number of halogens is 1. The van der Waals surface area contributed by atoms with Crippen molar-refractivity contribution in [2.24, 2.45) is 0 Å². The normalized spacial score (nSPS) is 15.3. The van der Waals surface area contributed by atoms with Crippen molar-refractivity contribution in [2.75, 3.05) is 26.6 Å². The molecule has 3 aromatic rings. The van der Waals surface area contributed by atoms with Crippen LogP contribution in [0.3, 0.4) is 0 Å². The molecule has 1 unspecified atom stereocenters. The summed E-state index contributed by atoms with van der Waals surface area (Å²) in [5.74, 6) is 2.17. The average Bonchev–Trinajstić information content (AvgIpc) is 3.21. The zero-order valence-corrected chi connectivity index (χ0v) is 16.3. The number of methoxy groups -OCH3 is 3.